The number of hydrogen-bond acceptors (Lipinski definition) is 3. The summed E-state index contributed by atoms with van der Waals surface area (Å²) >= 11 is 6.00. The van der Waals surface area contributed by atoms with Crippen molar-refractivity contribution in [2.75, 3.05) is 18.8 Å². The summed E-state index contributed by atoms with van der Waals surface area (Å²) in [5.41, 5.74) is 6.50. The Bertz CT molecular complexity index is 511. The molecule has 1 amide bonds. The van der Waals surface area contributed by atoms with Gasteiger partial charge in [0.05, 0.1) is 16.5 Å². The van der Waals surface area contributed by atoms with Gasteiger partial charge in [-0.15, -0.1) is 0 Å². The number of benzene rings is 1. The van der Waals surface area contributed by atoms with E-state index in [1.807, 2.05) is 0 Å². The maximum atomic E-state index is 12.3. The average Bonchev–Trinajstić information content (AvgIpc) is 2.38. The lowest BCUT2D eigenvalue weighted by Crippen LogP contribution is -2.40. The van der Waals surface area contributed by atoms with Crippen LogP contribution in [0.25, 0.3) is 0 Å². The number of amides is 1. The summed E-state index contributed by atoms with van der Waals surface area (Å²) in [5, 5.41) is 9.24. The quantitative estimate of drug-likeness (QED) is 0.811. The van der Waals surface area contributed by atoms with Crippen LogP contribution >= 0.6 is 11.6 Å². The fourth-order valence-corrected chi connectivity index (χ4v) is 2.47. The summed E-state index contributed by atoms with van der Waals surface area (Å²) in [6, 6.07) is 4.77. The topological polar surface area (TPSA) is 83.6 Å². The first-order valence-corrected chi connectivity index (χ1v) is 6.44. The summed E-state index contributed by atoms with van der Waals surface area (Å²) in [6.07, 6.45) is 0.960. The second-order valence-electron chi connectivity index (χ2n) is 4.64. The highest BCUT2D eigenvalue weighted by atomic mass is 35.5. The molecule has 1 heterocycles. The number of nitrogens with two attached hydrogens (primary N) is 1. The van der Waals surface area contributed by atoms with Crippen molar-refractivity contribution in [3.05, 3.63) is 28.8 Å². The first-order chi connectivity index (χ1) is 8.99. The van der Waals surface area contributed by atoms with Gasteiger partial charge >= 0.3 is 5.97 Å². The van der Waals surface area contributed by atoms with Crippen LogP contribution in [0.5, 0.6) is 0 Å². The van der Waals surface area contributed by atoms with Crippen molar-refractivity contribution in [2.24, 2.45) is 5.92 Å². The zero-order valence-corrected chi connectivity index (χ0v) is 11.1. The largest absolute Gasteiger partial charge is 0.481 e. The molecule has 0 unspecified atom stereocenters. The molecule has 0 atom stereocenters. The number of piperidine rings is 1. The van der Waals surface area contributed by atoms with E-state index in [1.54, 1.807) is 23.1 Å². The standard InChI is InChI=1S/C13H15ClN2O3/c14-11-7-9(15)1-2-10(11)12(17)16-5-3-8(4-6-16)13(18)19/h1-2,7-8H,3-6,15H2,(H,18,19). The summed E-state index contributed by atoms with van der Waals surface area (Å²) in [6.45, 7) is 0.882. The molecule has 3 N–H and O–H groups in total. The maximum absolute atomic E-state index is 12.3. The van der Waals surface area contributed by atoms with Gasteiger partial charge in [-0.3, -0.25) is 9.59 Å². The molecule has 19 heavy (non-hydrogen) atoms. The Balaban J connectivity index is 2.07. The molecule has 0 aliphatic carbocycles. The number of carboxylic acid groups (broad SMARTS) is 1. The molecular formula is C13H15ClN2O3. The van der Waals surface area contributed by atoms with Crippen molar-refractivity contribution in [3.8, 4) is 0 Å². The number of anilines is 1. The van der Waals surface area contributed by atoms with Crippen LogP contribution in [0.3, 0.4) is 0 Å². The lowest BCUT2D eigenvalue weighted by atomic mass is 9.96. The minimum atomic E-state index is -0.794. The van der Waals surface area contributed by atoms with Gasteiger partial charge in [0, 0.05) is 18.8 Å². The number of carbonyl (C=O) groups is 2. The molecule has 1 aliphatic rings. The fraction of sp³-hybridized carbons (Fsp3) is 0.385. The molecule has 102 valence electrons. The summed E-state index contributed by atoms with van der Waals surface area (Å²) in [4.78, 5) is 24.8. The lowest BCUT2D eigenvalue weighted by molar-refractivity contribution is -0.143. The fourth-order valence-electron chi connectivity index (χ4n) is 2.20. The maximum Gasteiger partial charge on any atom is 0.306 e. The lowest BCUT2D eigenvalue weighted by Gasteiger charge is -2.30. The van der Waals surface area contributed by atoms with Crippen LogP contribution in [0.1, 0.15) is 23.2 Å². The van der Waals surface area contributed by atoms with Gasteiger partial charge in [0.15, 0.2) is 0 Å². The minimum Gasteiger partial charge on any atom is -0.481 e. The second kappa shape index (κ2) is 5.48. The van der Waals surface area contributed by atoms with Gasteiger partial charge < -0.3 is 15.7 Å². The van der Waals surface area contributed by atoms with Gasteiger partial charge in [0.2, 0.25) is 0 Å². The molecule has 0 radical (unpaired) electrons. The Hall–Kier alpha value is -1.75. The van der Waals surface area contributed by atoms with Crippen LogP contribution in [0, 0.1) is 5.92 Å². The zero-order chi connectivity index (χ0) is 14.0. The summed E-state index contributed by atoms with van der Waals surface area (Å²) in [7, 11) is 0. The Morgan fingerprint density at radius 2 is 1.95 bits per heavy atom. The molecular weight excluding hydrogens is 268 g/mol. The molecule has 6 heteroatoms. The van der Waals surface area contributed by atoms with Gasteiger partial charge in [-0.05, 0) is 31.0 Å². The smallest absolute Gasteiger partial charge is 0.306 e. The molecule has 1 fully saturated rings. The SMILES string of the molecule is Nc1ccc(C(=O)N2CCC(C(=O)O)CC2)c(Cl)c1. The molecule has 0 saturated carbocycles. The van der Waals surface area contributed by atoms with E-state index in [2.05, 4.69) is 0 Å². The highest BCUT2D eigenvalue weighted by Gasteiger charge is 2.28. The van der Waals surface area contributed by atoms with Gasteiger partial charge in [-0.2, -0.15) is 0 Å². The Morgan fingerprint density at radius 1 is 1.32 bits per heavy atom. The Morgan fingerprint density at radius 3 is 2.47 bits per heavy atom. The van der Waals surface area contributed by atoms with E-state index < -0.39 is 5.97 Å². The number of rotatable bonds is 2. The van der Waals surface area contributed by atoms with Crippen molar-refractivity contribution in [2.45, 2.75) is 12.8 Å². The average molecular weight is 283 g/mol. The number of aliphatic carboxylic acids is 1. The monoisotopic (exact) mass is 282 g/mol. The molecule has 0 aromatic heterocycles. The first-order valence-electron chi connectivity index (χ1n) is 6.06. The number of likely N-dealkylation sites (tertiary alicyclic amines) is 1. The Kier molecular flexibility index (Phi) is 3.95. The number of hydrogen-bond donors (Lipinski definition) is 2. The van der Waals surface area contributed by atoms with Gasteiger partial charge in [0.25, 0.3) is 5.91 Å². The molecule has 1 saturated heterocycles. The van der Waals surface area contributed by atoms with E-state index in [-0.39, 0.29) is 11.8 Å². The van der Waals surface area contributed by atoms with Crippen molar-refractivity contribution in [1.82, 2.24) is 4.90 Å². The van der Waals surface area contributed by atoms with Crippen LogP contribution < -0.4 is 5.73 Å². The number of nitrogen functional groups attached to an aromatic ring is 1. The predicted octanol–water partition coefficient (Wildman–Crippen LogP) is 1.86. The van der Waals surface area contributed by atoms with Crippen molar-refractivity contribution >= 4 is 29.2 Å². The number of carbonyl (C=O) groups excluding carboxylic acids is 1. The molecule has 0 spiro atoms. The molecule has 5 nitrogen and oxygen atoms in total. The molecule has 0 bridgehead atoms. The third kappa shape index (κ3) is 2.98. The van der Waals surface area contributed by atoms with Crippen molar-refractivity contribution in [1.29, 1.82) is 0 Å². The van der Waals surface area contributed by atoms with Gasteiger partial charge in [0.1, 0.15) is 0 Å². The van der Waals surface area contributed by atoms with Gasteiger partial charge in [-0.25, -0.2) is 0 Å². The van der Waals surface area contributed by atoms with E-state index in [1.165, 1.54) is 0 Å². The second-order valence-corrected chi connectivity index (χ2v) is 5.05. The third-order valence-electron chi connectivity index (χ3n) is 3.35. The minimum absolute atomic E-state index is 0.172. The van der Waals surface area contributed by atoms with Crippen LogP contribution in [-0.2, 0) is 4.79 Å². The van der Waals surface area contributed by atoms with Crippen LogP contribution in [-0.4, -0.2) is 35.0 Å². The highest BCUT2D eigenvalue weighted by molar-refractivity contribution is 6.34. The third-order valence-corrected chi connectivity index (χ3v) is 3.67. The molecule has 1 aromatic rings. The van der Waals surface area contributed by atoms with Gasteiger partial charge in [-0.1, -0.05) is 11.6 Å². The van der Waals surface area contributed by atoms with Crippen molar-refractivity contribution in [3.63, 3.8) is 0 Å². The first kappa shape index (κ1) is 13.7. The van der Waals surface area contributed by atoms with Crippen LogP contribution in [0.15, 0.2) is 18.2 Å². The summed E-state index contributed by atoms with van der Waals surface area (Å²) in [5.74, 6) is -1.32. The van der Waals surface area contributed by atoms with E-state index in [0.717, 1.165) is 0 Å². The normalized spacial score (nSPS) is 16.4. The van der Waals surface area contributed by atoms with Crippen LogP contribution in [0.4, 0.5) is 5.69 Å². The highest BCUT2D eigenvalue weighted by Crippen LogP contribution is 2.24. The van der Waals surface area contributed by atoms with E-state index in [0.29, 0.717) is 42.2 Å². The summed E-state index contributed by atoms with van der Waals surface area (Å²) < 4.78 is 0. The van der Waals surface area contributed by atoms with E-state index >= 15 is 0 Å². The predicted molar refractivity (Wildman–Crippen MR) is 72.1 cm³/mol. The van der Waals surface area contributed by atoms with Crippen molar-refractivity contribution < 1.29 is 14.7 Å². The van der Waals surface area contributed by atoms with E-state index in [4.69, 9.17) is 22.4 Å². The molecule has 1 aliphatic heterocycles. The molecule has 1 aromatic carbocycles. The zero-order valence-electron chi connectivity index (χ0n) is 10.3. The number of nitrogens with zero attached hydrogens (tertiary/aromatic N) is 1. The number of carboxylic acids is 1. The van der Waals surface area contributed by atoms with Crippen LogP contribution in [0.2, 0.25) is 5.02 Å². The molecule has 2 rings (SSSR count). The number of halogens is 1. The van der Waals surface area contributed by atoms with E-state index in [9.17, 15) is 9.59 Å². The Labute approximate surface area is 116 Å².